The van der Waals surface area contributed by atoms with E-state index in [-0.39, 0.29) is 6.61 Å². The zero-order chi connectivity index (χ0) is 8.91. The second kappa shape index (κ2) is 4.54. The van der Waals surface area contributed by atoms with Crippen LogP contribution in [0.1, 0.15) is 13.3 Å². The summed E-state index contributed by atoms with van der Waals surface area (Å²) in [7, 11) is 0. The highest BCUT2D eigenvalue weighted by Gasteiger charge is 2.32. The Hall–Kier alpha value is -0.320. The third-order valence-corrected chi connectivity index (χ3v) is 1.03. The van der Waals surface area contributed by atoms with Crippen molar-refractivity contribution in [3.05, 3.63) is 0 Å². The van der Waals surface area contributed by atoms with Gasteiger partial charge in [0.1, 0.15) is 6.67 Å². The monoisotopic (exact) mass is 174 g/mol. The van der Waals surface area contributed by atoms with Crippen molar-refractivity contribution in [2.75, 3.05) is 13.3 Å². The average Bonchev–Trinajstić information content (AvgIpc) is 1.84. The number of alkyl halides is 4. The molecule has 0 saturated carbocycles. The lowest BCUT2D eigenvalue weighted by Crippen LogP contribution is -2.24. The van der Waals surface area contributed by atoms with Crippen molar-refractivity contribution in [2.24, 2.45) is 0 Å². The van der Waals surface area contributed by atoms with Crippen LogP contribution in [0.2, 0.25) is 0 Å². The Bertz CT molecular complexity index is 101. The number of hydrogen-bond donors (Lipinski definition) is 0. The van der Waals surface area contributed by atoms with Gasteiger partial charge in [0.05, 0.1) is 12.5 Å². The number of rotatable bonds is 4. The van der Waals surface area contributed by atoms with Gasteiger partial charge in [-0.1, -0.05) is 0 Å². The molecule has 0 aromatic rings. The van der Waals surface area contributed by atoms with E-state index < -0.39 is 25.4 Å². The molecule has 0 saturated heterocycles. The van der Waals surface area contributed by atoms with Crippen LogP contribution in [0.4, 0.5) is 17.6 Å². The van der Waals surface area contributed by atoms with E-state index in [9.17, 15) is 17.6 Å². The summed E-state index contributed by atoms with van der Waals surface area (Å²) in [4.78, 5) is 0. The first-order chi connectivity index (χ1) is 4.99. The Morgan fingerprint density at radius 2 is 1.91 bits per heavy atom. The van der Waals surface area contributed by atoms with Gasteiger partial charge in [0, 0.05) is 6.61 Å². The van der Waals surface area contributed by atoms with Crippen LogP contribution < -0.4 is 0 Å². The normalized spacial score (nSPS) is 15.0. The Labute approximate surface area is 62.3 Å². The van der Waals surface area contributed by atoms with Crippen LogP contribution in [0.25, 0.3) is 0 Å². The maximum atomic E-state index is 11.7. The second-order valence-corrected chi connectivity index (χ2v) is 2.05. The molecular weight excluding hydrogens is 164 g/mol. The molecule has 0 aliphatic rings. The van der Waals surface area contributed by atoms with Crippen LogP contribution in [0, 0.1) is 0 Å². The molecule has 0 bridgehead atoms. The van der Waals surface area contributed by atoms with Crippen LogP contribution in [0.3, 0.4) is 0 Å². The summed E-state index contributed by atoms with van der Waals surface area (Å²) in [5, 5.41) is 0. The van der Waals surface area contributed by atoms with Crippen molar-refractivity contribution in [1.82, 2.24) is 0 Å². The summed E-state index contributed by atoms with van der Waals surface area (Å²) in [6, 6.07) is 0. The van der Waals surface area contributed by atoms with E-state index in [4.69, 9.17) is 0 Å². The first kappa shape index (κ1) is 10.7. The van der Waals surface area contributed by atoms with Crippen molar-refractivity contribution in [2.45, 2.75) is 25.6 Å². The highest BCUT2D eigenvalue weighted by atomic mass is 19.4. The molecule has 0 spiro atoms. The van der Waals surface area contributed by atoms with Gasteiger partial charge in [-0.05, 0) is 6.92 Å². The molecule has 68 valence electrons. The van der Waals surface area contributed by atoms with Crippen molar-refractivity contribution in [1.29, 1.82) is 0 Å². The molecule has 0 radical (unpaired) electrons. The smallest absolute Gasteiger partial charge is 0.375 e. The van der Waals surface area contributed by atoms with E-state index in [0.29, 0.717) is 0 Å². The SMILES string of the molecule is CCOC(CF)CC(F)(F)F. The summed E-state index contributed by atoms with van der Waals surface area (Å²) in [6.45, 7) is 0.539. The third kappa shape index (κ3) is 6.09. The van der Waals surface area contributed by atoms with E-state index in [1.165, 1.54) is 6.92 Å². The third-order valence-electron chi connectivity index (χ3n) is 1.03. The van der Waals surface area contributed by atoms with Crippen LogP contribution in [0.15, 0.2) is 0 Å². The molecule has 0 aliphatic carbocycles. The molecule has 0 N–H and O–H groups in total. The van der Waals surface area contributed by atoms with Gasteiger partial charge in [-0.25, -0.2) is 4.39 Å². The predicted octanol–water partition coefficient (Wildman–Crippen LogP) is 2.31. The molecule has 5 heteroatoms. The highest BCUT2D eigenvalue weighted by Crippen LogP contribution is 2.22. The van der Waals surface area contributed by atoms with Crippen molar-refractivity contribution < 1.29 is 22.3 Å². The fourth-order valence-corrected chi connectivity index (χ4v) is 0.652. The zero-order valence-corrected chi connectivity index (χ0v) is 6.12. The Balaban J connectivity index is 3.68. The van der Waals surface area contributed by atoms with Crippen molar-refractivity contribution in [3.63, 3.8) is 0 Å². The molecule has 0 aromatic heterocycles. The summed E-state index contributed by atoms with van der Waals surface area (Å²) in [6.07, 6.45) is -6.89. The molecule has 0 aromatic carbocycles. The van der Waals surface area contributed by atoms with E-state index >= 15 is 0 Å². The fraction of sp³-hybridized carbons (Fsp3) is 1.00. The average molecular weight is 174 g/mol. The summed E-state index contributed by atoms with van der Waals surface area (Å²) in [5.41, 5.74) is 0. The minimum atomic E-state index is -4.34. The second-order valence-electron chi connectivity index (χ2n) is 2.05. The van der Waals surface area contributed by atoms with Crippen molar-refractivity contribution >= 4 is 0 Å². The van der Waals surface area contributed by atoms with E-state index in [1.54, 1.807) is 0 Å². The van der Waals surface area contributed by atoms with Crippen LogP contribution >= 0.6 is 0 Å². The van der Waals surface area contributed by atoms with Crippen LogP contribution in [-0.2, 0) is 4.74 Å². The molecule has 1 nitrogen and oxygen atoms in total. The molecular formula is C6H10F4O. The van der Waals surface area contributed by atoms with Gasteiger partial charge in [-0.15, -0.1) is 0 Å². The van der Waals surface area contributed by atoms with Gasteiger partial charge < -0.3 is 4.74 Å². The highest BCUT2D eigenvalue weighted by molar-refractivity contribution is 4.61. The van der Waals surface area contributed by atoms with Crippen LogP contribution in [-0.4, -0.2) is 25.6 Å². The van der Waals surface area contributed by atoms with Gasteiger partial charge in [-0.2, -0.15) is 13.2 Å². The number of ether oxygens (including phenoxy) is 1. The summed E-state index contributed by atoms with van der Waals surface area (Å²) >= 11 is 0. The maximum Gasteiger partial charge on any atom is 0.391 e. The molecule has 0 fully saturated rings. The number of hydrogen-bond acceptors (Lipinski definition) is 1. The quantitative estimate of drug-likeness (QED) is 0.594. The molecule has 0 aliphatic heterocycles. The van der Waals surface area contributed by atoms with Gasteiger partial charge in [0.25, 0.3) is 0 Å². The Morgan fingerprint density at radius 1 is 1.36 bits per heavy atom. The Morgan fingerprint density at radius 3 is 2.18 bits per heavy atom. The van der Waals surface area contributed by atoms with Gasteiger partial charge in [0.2, 0.25) is 0 Å². The first-order valence-electron chi connectivity index (χ1n) is 3.24. The summed E-state index contributed by atoms with van der Waals surface area (Å²) in [5.74, 6) is 0. The lowest BCUT2D eigenvalue weighted by atomic mass is 10.3. The fourth-order valence-electron chi connectivity index (χ4n) is 0.652. The molecule has 0 rings (SSSR count). The number of halogens is 4. The first-order valence-corrected chi connectivity index (χ1v) is 3.24. The molecule has 1 atom stereocenters. The molecule has 1 unspecified atom stereocenters. The minimum Gasteiger partial charge on any atom is -0.375 e. The van der Waals surface area contributed by atoms with Gasteiger partial charge >= 0.3 is 6.18 Å². The molecule has 11 heavy (non-hydrogen) atoms. The van der Waals surface area contributed by atoms with Crippen molar-refractivity contribution in [3.8, 4) is 0 Å². The molecule has 0 amide bonds. The minimum absolute atomic E-state index is 0.102. The van der Waals surface area contributed by atoms with Gasteiger partial charge in [0.15, 0.2) is 0 Å². The lowest BCUT2D eigenvalue weighted by Gasteiger charge is -2.14. The van der Waals surface area contributed by atoms with E-state index in [2.05, 4.69) is 4.74 Å². The zero-order valence-electron chi connectivity index (χ0n) is 6.12. The van der Waals surface area contributed by atoms with Gasteiger partial charge in [-0.3, -0.25) is 0 Å². The Kier molecular flexibility index (Phi) is 4.40. The topological polar surface area (TPSA) is 9.23 Å². The van der Waals surface area contributed by atoms with Crippen LogP contribution in [0.5, 0.6) is 0 Å². The van der Waals surface area contributed by atoms with E-state index in [1.807, 2.05) is 0 Å². The summed E-state index contributed by atoms with van der Waals surface area (Å²) < 4.78 is 50.9. The predicted molar refractivity (Wildman–Crippen MR) is 32.1 cm³/mol. The molecule has 0 heterocycles. The van der Waals surface area contributed by atoms with E-state index in [0.717, 1.165) is 0 Å². The lowest BCUT2D eigenvalue weighted by molar-refractivity contribution is -0.162. The largest absolute Gasteiger partial charge is 0.391 e. The maximum absolute atomic E-state index is 11.7. The standard InChI is InChI=1S/C6H10F4O/c1-2-11-5(4-7)3-6(8,9)10/h5H,2-4H2,1H3.